The number of amides is 1. The highest BCUT2D eigenvalue weighted by atomic mass is 32.2. The molecule has 1 amide bonds. The van der Waals surface area contributed by atoms with Crippen LogP contribution in [-0.2, 0) is 26.8 Å². The van der Waals surface area contributed by atoms with Gasteiger partial charge in [-0.15, -0.1) is 0 Å². The van der Waals surface area contributed by atoms with E-state index in [1.54, 1.807) is 27.4 Å². The fraction of sp³-hybridized carbons (Fsp3) is 0.458. The summed E-state index contributed by atoms with van der Waals surface area (Å²) in [6, 6.07) is 15.5. The molecule has 0 unspecified atom stereocenters. The average Bonchev–Trinajstić information content (AvgIpc) is 2.74. The Labute approximate surface area is 185 Å². The van der Waals surface area contributed by atoms with Gasteiger partial charge in [-0.3, -0.25) is 9.69 Å². The molecule has 2 aromatic carbocycles. The van der Waals surface area contributed by atoms with E-state index < -0.39 is 15.4 Å². The maximum absolute atomic E-state index is 13.4. The predicted molar refractivity (Wildman–Crippen MR) is 123 cm³/mol. The minimum Gasteiger partial charge on any atom is -0.312 e. The lowest BCUT2D eigenvalue weighted by atomic mass is 9.77. The Balaban J connectivity index is 1.53. The predicted octanol–water partition coefficient (Wildman–Crippen LogP) is 3.23. The molecular weight excluding hydrogens is 410 g/mol. The van der Waals surface area contributed by atoms with Crippen molar-refractivity contribution >= 4 is 21.6 Å². The van der Waals surface area contributed by atoms with Gasteiger partial charge in [-0.05, 0) is 36.2 Å². The van der Waals surface area contributed by atoms with Crippen LogP contribution in [0.2, 0.25) is 0 Å². The van der Waals surface area contributed by atoms with Crippen molar-refractivity contribution in [1.29, 1.82) is 0 Å². The van der Waals surface area contributed by atoms with E-state index in [-0.39, 0.29) is 5.91 Å². The number of nitrogens with zero attached hydrogens (tertiary/aromatic N) is 3. The van der Waals surface area contributed by atoms with E-state index in [4.69, 9.17) is 0 Å². The van der Waals surface area contributed by atoms with Crippen LogP contribution in [0.15, 0.2) is 53.4 Å². The molecule has 0 atom stereocenters. The van der Waals surface area contributed by atoms with Crippen molar-refractivity contribution in [3.63, 3.8) is 0 Å². The first-order valence-corrected chi connectivity index (χ1v) is 12.4. The molecule has 0 bridgehead atoms. The SMILES string of the molecule is CCN1C(=O)CC(C)(C)c2cc(S(=O)(=O)N3CCN(Cc4ccccc4)CC3)ccc21. The summed E-state index contributed by atoms with van der Waals surface area (Å²) in [5, 5.41) is 0. The van der Waals surface area contributed by atoms with Gasteiger partial charge in [-0.25, -0.2) is 8.42 Å². The van der Waals surface area contributed by atoms with Crippen molar-refractivity contribution < 1.29 is 13.2 Å². The Morgan fingerprint density at radius 2 is 1.65 bits per heavy atom. The van der Waals surface area contributed by atoms with E-state index in [0.717, 1.165) is 17.8 Å². The zero-order chi connectivity index (χ0) is 22.2. The molecule has 1 fully saturated rings. The van der Waals surface area contributed by atoms with Crippen LogP contribution >= 0.6 is 0 Å². The first-order valence-electron chi connectivity index (χ1n) is 10.9. The summed E-state index contributed by atoms with van der Waals surface area (Å²) >= 11 is 0. The summed E-state index contributed by atoms with van der Waals surface area (Å²) < 4.78 is 28.4. The fourth-order valence-corrected chi connectivity index (χ4v) is 6.07. The van der Waals surface area contributed by atoms with E-state index in [2.05, 4.69) is 17.0 Å². The van der Waals surface area contributed by atoms with Crippen molar-refractivity contribution in [2.45, 2.75) is 44.0 Å². The van der Waals surface area contributed by atoms with Gasteiger partial charge < -0.3 is 4.90 Å². The quantitative estimate of drug-likeness (QED) is 0.715. The number of rotatable bonds is 5. The summed E-state index contributed by atoms with van der Waals surface area (Å²) in [7, 11) is -3.58. The Hall–Kier alpha value is -2.22. The molecule has 0 N–H and O–H groups in total. The molecule has 2 heterocycles. The summed E-state index contributed by atoms with van der Waals surface area (Å²) in [6.07, 6.45) is 0.384. The molecule has 0 aromatic heterocycles. The zero-order valence-electron chi connectivity index (χ0n) is 18.5. The zero-order valence-corrected chi connectivity index (χ0v) is 19.4. The van der Waals surface area contributed by atoms with E-state index >= 15 is 0 Å². The molecule has 166 valence electrons. The van der Waals surface area contributed by atoms with Crippen LogP contribution in [0.5, 0.6) is 0 Å². The Bertz CT molecular complexity index is 1060. The van der Waals surface area contributed by atoms with E-state index in [9.17, 15) is 13.2 Å². The summed E-state index contributed by atoms with van der Waals surface area (Å²) in [5.74, 6) is 0.0881. The summed E-state index contributed by atoms with van der Waals surface area (Å²) in [5.41, 5.74) is 2.61. The van der Waals surface area contributed by atoms with Crippen LogP contribution in [0.1, 0.15) is 38.3 Å². The summed E-state index contributed by atoms with van der Waals surface area (Å²) in [4.78, 5) is 16.9. The van der Waals surface area contributed by atoms with Crippen molar-refractivity contribution in [3.05, 3.63) is 59.7 Å². The van der Waals surface area contributed by atoms with Crippen molar-refractivity contribution in [1.82, 2.24) is 9.21 Å². The van der Waals surface area contributed by atoms with Gasteiger partial charge in [0.05, 0.1) is 4.90 Å². The highest BCUT2D eigenvalue weighted by molar-refractivity contribution is 7.89. The van der Waals surface area contributed by atoms with Gasteiger partial charge >= 0.3 is 0 Å². The van der Waals surface area contributed by atoms with E-state index in [1.165, 1.54) is 5.56 Å². The van der Waals surface area contributed by atoms with Gasteiger partial charge in [0.1, 0.15) is 0 Å². The van der Waals surface area contributed by atoms with E-state index in [0.29, 0.717) is 44.0 Å². The molecule has 0 saturated carbocycles. The number of fused-ring (bicyclic) bond motifs is 1. The molecule has 0 aliphatic carbocycles. The molecule has 6 nitrogen and oxygen atoms in total. The second-order valence-electron chi connectivity index (χ2n) is 9.04. The summed E-state index contributed by atoms with van der Waals surface area (Å²) in [6.45, 7) is 9.76. The second-order valence-corrected chi connectivity index (χ2v) is 11.0. The van der Waals surface area contributed by atoms with Gasteiger partial charge in [0.15, 0.2) is 0 Å². The fourth-order valence-electron chi connectivity index (χ4n) is 4.62. The molecule has 2 aliphatic rings. The van der Waals surface area contributed by atoms with Crippen LogP contribution < -0.4 is 4.90 Å². The number of benzene rings is 2. The standard InChI is InChI=1S/C24H31N3O3S/c1-4-27-22-11-10-20(16-21(22)24(2,3)17-23(27)28)31(29,30)26-14-12-25(13-15-26)18-19-8-6-5-7-9-19/h5-11,16H,4,12-15,17-18H2,1-3H3. The van der Waals surface area contributed by atoms with Gasteiger partial charge in [0.25, 0.3) is 0 Å². The number of carbonyl (C=O) groups is 1. The average molecular weight is 442 g/mol. The molecule has 2 aromatic rings. The van der Waals surface area contributed by atoms with Gasteiger partial charge in [-0.1, -0.05) is 44.2 Å². The molecule has 7 heteroatoms. The Morgan fingerprint density at radius 3 is 2.29 bits per heavy atom. The second kappa shape index (κ2) is 8.37. The van der Waals surface area contributed by atoms with Crippen LogP contribution in [0.25, 0.3) is 0 Å². The lowest BCUT2D eigenvalue weighted by Crippen LogP contribution is -2.48. The number of hydrogen-bond donors (Lipinski definition) is 0. The first kappa shape index (κ1) is 22.0. The number of anilines is 1. The maximum atomic E-state index is 13.4. The van der Waals surface area contributed by atoms with Crippen LogP contribution in [0.3, 0.4) is 0 Å². The van der Waals surface area contributed by atoms with Crippen molar-refractivity contribution in [2.75, 3.05) is 37.6 Å². The van der Waals surface area contributed by atoms with Crippen LogP contribution in [-0.4, -0.2) is 56.3 Å². The van der Waals surface area contributed by atoms with Crippen molar-refractivity contribution in [2.24, 2.45) is 0 Å². The monoisotopic (exact) mass is 441 g/mol. The maximum Gasteiger partial charge on any atom is 0.243 e. The highest BCUT2D eigenvalue weighted by Gasteiger charge is 2.38. The molecular formula is C24H31N3O3S. The molecule has 2 aliphatic heterocycles. The Morgan fingerprint density at radius 1 is 0.968 bits per heavy atom. The molecule has 4 rings (SSSR count). The topological polar surface area (TPSA) is 60.9 Å². The Kier molecular flexibility index (Phi) is 5.94. The van der Waals surface area contributed by atoms with Crippen LogP contribution in [0.4, 0.5) is 5.69 Å². The largest absolute Gasteiger partial charge is 0.312 e. The lowest BCUT2D eigenvalue weighted by molar-refractivity contribution is -0.120. The number of piperazine rings is 1. The van der Waals surface area contributed by atoms with Gasteiger partial charge in [0, 0.05) is 56.8 Å². The highest BCUT2D eigenvalue weighted by Crippen LogP contribution is 2.41. The first-order chi connectivity index (χ1) is 14.7. The van der Waals surface area contributed by atoms with Crippen molar-refractivity contribution in [3.8, 4) is 0 Å². The third-order valence-electron chi connectivity index (χ3n) is 6.42. The number of hydrogen-bond acceptors (Lipinski definition) is 4. The number of carbonyl (C=O) groups excluding carboxylic acids is 1. The smallest absolute Gasteiger partial charge is 0.243 e. The molecule has 1 saturated heterocycles. The van der Waals surface area contributed by atoms with Crippen LogP contribution in [0, 0.1) is 0 Å². The third kappa shape index (κ3) is 4.27. The van der Waals surface area contributed by atoms with Gasteiger partial charge in [-0.2, -0.15) is 4.31 Å². The minimum atomic E-state index is -3.58. The molecule has 31 heavy (non-hydrogen) atoms. The minimum absolute atomic E-state index is 0.0881. The number of sulfonamides is 1. The molecule has 0 spiro atoms. The van der Waals surface area contributed by atoms with E-state index in [1.807, 2.05) is 39.0 Å². The lowest BCUT2D eigenvalue weighted by Gasteiger charge is -2.39. The van der Waals surface area contributed by atoms with Gasteiger partial charge in [0.2, 0.25) is 15.9 Å². The normalized spacial score (nSPS) is 20.0. The third-order valence-corrected chi connectivity index (χ3v) is 8.31. The molecule has 0 radical (unpaired) electrons.